The maximum absolute atomic E-state index is 12.3. The Labute approximate surface area is 129 Å². The Bertz CT molecular complexity index is 701. The standard InChI is InChI=1S/C13H20N4O2S2/c1-9(2)5-17-6-12(14-8-17)21(18,19)16-13-15-11(7-20-13)10(3)4/h6-10H,5H2,1-4H3,(H,15,16). The van der Waals surface area contributed by atoms with Crippen LogP contribution in [0.1, 0.15) is 39.3 Å². The monoisotopic (exact) mass is 328 g/mol. The van der Waals surface area contributed by atoms with Crippen LogP contribution in [0.3, 0.4) is 0 Å². The summed E-state index contributed by atoms with van der Waals surface area (Å²) < 4.78 is 28.8. The predicted molar refractivity (Wildman–Crippen MR) is 84.1 cm³/mol. The number of nitrogens with zero attached hydrogens (tertiary/aromatic N) is 3. The maximum atomic E-state index is 12.3. The zero-order chi connectivity index (χ0) is 15.6. The van der Waals surface area contributed by atoms with Gasteiger partial charge in [0.25, 0.3) is 10.0 Å². The minimum atomic E-state index is -3.67. The zero-order valence-electron chi connectivity index (χ0n) is 12.6. The van der Waals surface area contributed by atoms with Crippen molar-refractivity contribution in [3.05, 3.63) is 23.6 Å². The second kappa shape index (κ2) is 6.15. The number of anilines is 1. The van der Waals surface area contributed by atoms with Gasteiger partial charge in [0.05, 0.1) is 12.0 Å². The molecule has 2 rings (SSSR count). The summed E-state index contributed by atoms with van der Waals surface area (Å²) >= 11 is 1.28. The largest absolute Gasteiger partial charge is 0.336 e. The van der Waals surface area contributed by atoms with Crippen LogP contribution in [0.5, 0.6) is 0 Å². The first-order chi connectivity index (χ1) is 9.78. The van der Waals surface area contributed by atoms with E-state index in [1.54, 1.807) is 10.8 Å². The van der Waals surface area contributed by atoms with Crippen molar-refractivity contribution in [2.24, 2.45) is 5.92 Å². The minimum Gasteiger partial charge on any atom is -0.336 e. The molecule has 2 aromatic heterocycles. The number of imidazole rings is 1. The molecule has 0 aliphatic heterocycles. The van der Waals surface area contributed by atoms with Gasteiger partial charge in [-0.15, -0.1) is 11.3 Å². The Kier molecular flexibility index (Phi) is 4.67. The van der Waals surface area contributed by atoms with Crippen LogP contribution in [-0.2, 0) is 16.6 Å². The molecule has 0 bridgehead atoms. The molecular formula is C13H20N4O2S2. The van der Waals surface area contributed by atoms with Crippen molar-refractivity contribution >= 4 is 26.5 Å². The first-order valence-electron chi connectivity index (χ1n) is 6.78. The lowest BCUT2D eigenvalue weighted by atomic mass is 10.2. The first kappa shape index (κ1) is 16.0. The molecule has 2 heterocycles. The van der Waals surface area contributed by atoms with Gasteiger partial charge in [-0.2, -0.15) is 8.42 Å². The number of nitrogens with one attached hydrogen (secondary N) is 1. The van der Waals surface area contributed by atoms with Crippen molar-refractivity contribution in [3.8, 4) is 0 Å². The third-order valence-electron chi connectivity index (χ3n) is 2.80. The van der Waals surface area contributed by atoms with E-state index in [0.717, 1.165) is 12.2 Å². The van der Waals surface area contributed by atoms with Gasteiger partial charge in [-0.25, -0.2) is 9.97 Å². The van der Waals surface area contributed by atoms with Gasteiger partial charge in [-0.05, 0) is 11.8 Å². The van der Waals surface area contributed by atoms with Crippen LogP contribution in [0.25, 0.3) is 0 Å². The molecule has 0 aliphatic carbocycles. The van der Waals surface area contributed by atoms with Crippen molar-refractivity contribution in [1.82, 2.24) is 14.5 Å². The maximum Gasteiger partial charge on any atom is 0.282 e. The van der Waals surface area contributed by atoms with Crippen molar-refractivity contribution in [3.63, 3.8) is 0 Å². The average molecular weight is 328 g/mol. The van der Waals surface area contributed by atoms with E-state index in [-0.39, 0.29) is 10.9 Å². The summed E-state index contributed by atoms with van der Waals surface area (Å²) in [6, 6.07) is 0. The summed E-state index contributed by atoms with van der Waals surface area (Å²) in [4.78, 5) is 8.24. The smallest absolute Gasteiger partial charge is 0.282 e. The Morgan fingerprint density at radius 2 is 2.05 bits per heavy atom. The molecule has 116 valence electrons. The van der Waals surface area contributed by atoms with E-state index in [0.29, 0.717) is 11.0 Å². The van der Waals surface area contributed by atoms with Crippen LogP contribution in [0, 0.1) is 5.92 Å². The van der Waals surface area contributed by atoms with E-state index in [4.69, 9.17) is 0 Å². The third-order valence-corrected chi connectivity index (χ3v) is 4.92. The summed E-state index contributed by atoms with van der Waals surface area (Å²) in [6.45, 7) is 8.89. The summed E-state index contributed by atoms with van der Waals surface area (Å²) in [5.74, 6) is 0.694. The van der Waals surface area contributed by atoms with Crippen LogP contribution >= 0.6 is 11.3 Å². The lowest BCUT2D eigenvalue weighted by Crippen LogP contribution is -2.13. The quantitative estimate of drug-likeness (QED) is 0.884. The second-order valence-corrected chi connectivity index (χ2v) is 8.13. The first-order valence-corrected chi connectivity index (χ1v) is 9.14. The number of rotatable bonds is 6. The molecule has 0 saturated heterocycles. The fourth-order valence-electron chi connectivity index (χ4n) is 1.77. The van der Waals surface area contributed by atoms with Crippen LogP contribution in [0.15, 0.2) is 22.9 Å². The highest BCUT2D eigenvalue weighted by atomic mass is 32.2. The van der Waals surface area contributed by atoms with Crippen LogP contribution in [-0.4, -0.2) is 23.0 Å². The van der Waals surface area contributed by atoms with Gasteiger partial charge >= 0.3 is 0 Å². The molecule has 21 heavy (non-hydrogen) atoms. The SMILES string of the molecule is CC(C)Cn1cnc(S(=O)(=O)Nc2nc(C(C)C)cs2)c1. The minimum absolute atomic E-state index is 0.0180. The van der Waals surface area contributed by atoms with E-state index < -0.39 is 10.0 Å². The highest BCUT2D eigenvalue weighted by Gasteiger charge is 2.19. The summed E-state index contributed by atoms with van der Waals surface area (Å²) in [7, 11) is -3.67. The molecule has 0 saturated carbocycles. The van der Waals surface area contributed by atoms with Gasteiger partial charge in [-0.3, -0.25) is 4.72 Å². The van der Waals surface area contributed by atoms with Crippen molar-refractivity contribution < 1.29 is 8.42 Å². The Hall–Kier alpha value is -1.41. The van der Waals surface area contributed by atoms with E-state index in [1.807, 2.05) is 19.2 Å². The second-order valence-electron chi connectivity index (χ2n) is 5.64. The highest BCUT2D eigenvalue weighted by molar-refractivity contribution is 7.92. The lowest BCUT2D eigenvalue weighted by molar-refractivity contribution is 0.522. The molecule has 0 amide bonds. The summed E-state index contributed by atoms with van der Waals surface area (Å²) in [6.07, 6.45) is 3.08. The molecule has 0 fully saturated rings. The van der Waals surface area contributed by atoms with Gasteiger partial charge < -0.3 is 4.57 Å². The number of hydrogen-bond acceptors (Lipinski definition) is 5. The molecule has 6 nitrogen and oxygen atoms in total. The van der Waals surface area contributed by atoms with Crippen molar-refractivity contribution in [1.29, 1.82) is 0 Å². The van der Waals surface area contributed by atoms with Gasteiger partial charge in [0, 0.05) is 18.1 Å². The third kappa shape index (κ3) is 4.04. The molecule has 0 spiro atoms. The zero-order valence-corrected chi connectivity index (χ0v) is 14.2. The fraction of sp³-hybridized carbons (Fsp3) is 0.538. The molecule has 8 heteroatoms. The molecule has 0 aliphatic rings. The Morgan fingerprint density at radius 3 is 2.62 bits per heavy atom. The van der Waals surface area contributed by atoms with E-state index >= 15 is 0 Å². The number of sulfonamides is 1. The van der Waals surface area contributed by atoms with E-state index in [2.05, 4.69) is 28.5 Å². The average Bonchev–Trinajstić information content (AvgIpc) is 2.97. The normalized spacial score (nSPS) is 12.3. The lowest BCUT2D eigenvalue weighted by Gasteiger charge is -2.04. The molecule has 0 atom stereocenters. The molecule has 0 aromatic carbocycles. The van der Waals surface area contributed by atoms with E-state index in [9.17, 15) is 8.42 Å². The van der Waals surface area contributed by atoms with Crippen LogP contribution in [0.2, 0.25) is 0 Å². The Balaban J connectivity index is 2.15. The topological polar surface area (TPSA) is 76.9 Å². The summed E-state index contributed by atoms with van der Waals surface area (Å²) in [5.41, 5.74) is 0.878. The van der Waals surface area contributed by atoms with Crippen LogP contribution in [0.4, 0.5) is 5.13 Å². The van der Waals surface area contributed by atoms with Gasteiger partial charge in [0.1, 0.15) is 0 Å². The van der Waals surface area contributed by atoms with Gasteiger partial charge in [-0.1, -0.05) is 27.7 Å². The molecule has 0 unspecified atom stereocenters. The summed E-state index contributed by atoms with van der Waals surface area (Å²) in [5, 5.41) is 2.25. The molecular weight excluding hydrogens is 308 g/mol. The van der Waals surface area contributed by atoms with E-state index in [1.165, 1.54) is 17.7 Å². The van der Waals surface area contributed by atoms with Crippen molar-refractivity contribution in [2.75, 3.05) is 4.72 Å². The molecule has 0 radical (unpaired) electrons. The highest BCUT2D eigenvalue weighted by Crippen LogP contribution is 2.23. The van der Waals surface area contributed by atoms with Crippen LogP contribution < -0.4 is 4.72 Å². The number of hydrogen-bond donors (Lipinski definition) is 1. The molecule has 2 aromatic rings. The fourth-order valence-corrected chi connectivity index (χ4v) is 3.84. The number of aromatic nitrogens is 3. The number of thiazole rings is 1. The Morgan fingerprint density at radius 1 is 1.33 bits per heavy atom. The van der Waals surface area contributed by atoms with Crippen molar-refractivity contribution in [2.45, 2.75) is 45.2 Å². The molecule has 1 N–H and O–H groups in total. The van der Waals surface area contributed by atoms with Gasteiger partial charge in [0.2, 0.25) is 0 Å². The predicted octanol–water partition coefficient (Wildman–Crippen LogP) is 2.92. The van der Waals surface area contributed by atoms with Gasteiger partial charge in [0.15, 0.2) is 10.2 Å².